The average molecular weight is 400 g/mol. The van der Waals surface area contributed by atoms with Crippen LogP contribution in [0.2, 0.25) is 0 Å². The van der Waals surface area contributed by atoms with Gasteiger partial charge in [0.05, 0.1) is 0 Å². The van der Waals surface area contributed by atoms with Gasteiger partial charge in [-0.25, -0.2) is 13.6 Å². The van der Waals surface area contributed by atoms with Gasteiger partial charge in [0.2, 0.25) is 5.91 Å². The summed E-state index contributed by atoms with van der Waals surface area (Å²) < 4.78 is 37.5. The Balaban J connectivity index is 2.82. The molecular formula is C20H30F2N2O4. The van der Waals surface area contributed by atoms with Crippen LogP contribution in [0.15, 0.2) is 18.2 Å². The molecule has 0 saturated carbocycles. The fourth-order valence-electron chi connectivity index (χ4n) is 2.52. The second-order valence-electron chi connectivity index (χ2n) is 7.64. The zero-order valence-corrected chi connectivity index (χ0v) is 17.3. The van der Waals surface area contributed by atoms with Gasteiger partial charge in [0.1, 0.15) is 29.4 Å². The summed E-state index contributed by atoms with van der Waals surface area (Å²) in [5.41, 5.74) is -0.564. The van der Waals surface area contributed by atoms with E-state index in [1.165, 1.54) is 13.2 Å². The van der Waals surface area contributed by atoms with Gasteiger partial charge in [0.25, 0.3) is 0 Å². The van der Waals surface area contributed by atoms with Gasteiger partial charge in [0.15, 0.2) is 0 Å². The van der Waals surface area contributed by atoms with Crippen molar-refractivity contribution in [2.24, 2.45) is 5.92 Å². The van der Waals surface area contributed by atoms with Gasteiger partial charge >= 0.3 is 6.09 Å². The molecule has 158 valence electrons. The highest BCUT2D eigenvalue weighted by Gasteiger charge is 2.29. The predicted octanol–water partition coefficient (Wildman–Crippen LogP) is 3.71. The van der Waals surface area contributed by atoms with Crippen molar-refractivity contribution in [3.63, 3.8) is 0 Å². The lowest BCUT2D eigenvalue weighted by atomic mass is 9.98. The zero-order chi connectivity index (χ0) is 21.5. The molecule has 3 unspecified atom stereocenters. The summed E-state index contributed by atoms with van der Waals surface area (Å²) in [5, 5.41) is 5.25. The highest BCUT2D eigenvalue weighted by molar-refractivity contribution is 5.86. The van der Waals surface area contributed by atoms with Crippen molar-refractivity contribution >= 4 is 12.0 Å². The molecule has 1 aromatic rings. The van der Waals surface area contributed by atoms with Crippen molar-refractivity contribution in [3.8, 4) is 0 Å². The summed E-state index contributed by atoms with van der Waals surface area (Å²) in [6.45, 7) is 8.87. The standard InChI is InChI=1S/C20H30F2N2O4/c1-7-12(2)17(24-19(26)28-20(3,4)5)18(25)23-11-16(27-6)14-9-8-13(21)10-15(14)22/h8-10,12,16-17H,7,11H2,1-6H3,(H,23,25)(H,24,26). The number of alkyl carbamates (subject to hydrolysis) is 1. The first kappa shape index (κ1) is 23.8. The molecule has 0 aliphatic rings. The third-order valence-corrected chi connectivity index (χ3v) is 4.22. The van der Waals surface area contributed by atoms with Gasteiger partial charge in [-0.3, -0.25) is 4.79 Å². The summed E-state index contributed by atoms with van der Waals surface area (Å²) >= 11 is 0. The van der Waals surface area contributed by atoms with Crippen molar-refractivity contribution in [1.82, 2.24) is 10.6 Å². The van der Waals surface area contributed by atoms with E-state index in [1.807, 2.05) is 13.8 Å². The number of nitrogens with one attached hydrogen (secondary N) is 2. The highest BCUT2D eigenvalue weighted by Crippen LogP contribution is 2.20. The predicted molar refractivity (Wildman–Crippen MR) is 102 cm³/mol. The Bertz CT molecular complexity index is 677. The van der Waals surface area contributed by atoms with E-state index < -0.39 is 41.4 Å². The molecule has 0 radical (unpaired) electrons. The van der Waals surface area contributed by atoms with Crippen LogP contribution < -0.4 is 10.6 Å². The van der Waals surface area contributed by atoms with Gasteiger partial charge in [-0.1, -0.05) is 26.3 Å². The number of ether oxygens (including phenoxy) is 2. The Kier molecular flexibility index (Phi) is 8.81. The van der Waals surface area contributed by atoms with Crippen LogP contribution in [0.5, 0.6) is 0 Å². The SMILES string of the molecule is CCC(C)C(NC(=O)OC(C)(C)C)C(=O)NCC(OC)c1ccc(F)cc1F. The summed E-state index contributed by atoms with van der Waals surface area (Å²) in [6, 6.07) is 2.33. The fourth-order valence-corrected chi connectivity index (χ4v) is 2.52. The molecule has 0 fully saturated rings. The van der Waals surface area contributed by atoms with Crippen LogP contribution >= 0.6 is 0 Å². The Labute approximate surface area is 165 Å². The van der Waals surface area contributed by atoms with Crippen LogP contribution in [0.4, 0.5) is 13.6 Å². The lowest BCUT2D eigenvalue weighted by Crippen LogP contribution is -2.52. The van der Waals surface area contributed by atoms with Crippen LogP contribution in [-0.2, 0) is 14.3 Å². The molecule has 1 aromatic carbocycles. The summed E-state index contributed by atoms with van der Waals surface area (Å²) in [7, 11) is 1.37. The molecule has 0 aliphatic heterocycles. The van der Waals surface area contributed by atoms with Crippen LogP contribution in [0, 0.1) is 17.6 Å². The van der Waals surface area contributed by atoms with E-state index in [0.717, 1.165) is 12.1 Å². The Hall–Kier alpha value is -2.22. The first-order valence-electron chi connectivity index (χ1n) is 9.23. The van der Waals surface area contributed by atoms with E-state index in [0.29, 0.717) is 6.42 Å². The Morgan fingerprint density at radius 3 is 2.36 bits per heavy atom. The number of amides is 2. The number of methoxy groups -OCH3 is 1. The van der Waals surface area contributed by atoms with Crippen molar-refractivity contribution in [2.75, 3.05) is 13.7 Å². The van der Waals surface area contributed by atoms with E-state index in [9.17, 15) is 18.4 Å². The quantitative estimate of drug-likeness (QED) is 0.698. The topological polar surface area (TPSA) is 76.7 Å². The number of benzene rings is 1. The maximum Gasteiger partial charge on any atom is 0.408 e. The van der Waals surface area contributed by atoms with Crippen molar-refractivity contribution in [3.05, 3.63) is 35.4 Å². The minimum Gasteiger partial charge on any atom is -0.444 e. The largest absolute Gasteiger partial charge is 0.444 e. The molecule has 0 saturated heterocycles. The molecule has 0 heterocycles. The molecule has 2 N–H and O–H groups in total. The summed E-state index contributed by atoms with van der Waals surface area (Å²) in [6.07, 6.45) is -0.849. The zero-order valence-electron chi connectivity index (χ0n) is 17.3. The third kappa shape index (κ3) is 7.42. The van der Waals surface area contributed by atoms with E-state index in [1.54, 1.807) is 20.8 Å². The van der Waals surface area contributed by atoms with Crippen LogP contribution in [0.1, 0.15) is 52.7 Å². The summed E-state index contributed by atoms with van der Waals surface area (Å²) in [5.74, 6) is -2.05. The number of carbonyl (C=O) groups excluding carboxylic acids is 2. The van der Waals surface area contributed by atoms with Crippen LogP contribution in [0.3, 0.4) is 0 Å². The second-order valence-corrected chi connectivity index (χ2v) is 7.64. The first-order chi connectivity index (χ1) is 13.0. The Morgan fingerprint density at radius 2 is 1.86 bits per heavy atom. The maximum atomic E-state index is 14.0. The smallest absolute Gasteiger partial charge is 0.408 e. The molecule has 28 heavy (non-hydrogen) atoms. The molecule has 8 heteroatoms. The minimum absolute atomic E-state index is 0.0409. The highest BCUT2D eigenvalue weighted by atomic mass is 19.1. The number of hydrogen-bond donors (Lipinski definition) is 2. The van der Waals surface area contributed by atoms with Crippen LogP contribution in [0.25, 0.3) is 0 Å². The first-order valence-corrected chi connectivity index (χ1v) is 9.23. The fraction of sp³-hybridized carbons (Fsp3) is 0.600. The van der Waals surface area contributed by atoms with E-state index in [-0.39, 0.29) is 18.0 Å². The second kappa shape index (κ2) is 10.4. The van der Waals surface area contributed by atoms with Gasteiger partial charge < -0.3 is 20.1 Å². The summed E-state index contributed by atoms with van der Waals surface area (Å²) in [4.78, 5) is 24.7. The Morgan fingerprint density at radius 1 is 1.21 bits per heavy atom. The van der Waals surface area contributed by atoms with Crippen molar-refractivity contribution in [1.29, 1.82) is 0 Å². The van der Waals surface area contributed by atoms with E-state index >= 15 is 0 Å². The minimum atomic E-state index is -0.824. The number of halogens is 2. The average Bonchev–Trinajstić information content (AvgIpc) is 2.59. The van der Waals surface area contributed by atoms with E-state index in [2.05, 4.69) is 10.6 Å². The van der Waals surface area contributed by atoms with Crippen molar-refractivity contribution in [2.45, 2.75) is 58.8 Å². The maximum absolute atomic E-state index is 14.0. The molecule has 6 nitrogen and oxygen atoms in total. The van der Waals surface area contributed by atoms with Crippen LogP contribution in [-0.4, -0.2) is 37.3 Å². The number of carbonyl (C=O) groups is 2. The molecule has 0 bridgehead atoms. The molecule has 0 spiro atoms. The lowest BCUT2D eigenvalue weighted by molar-refractivity contribution is -0.125. The van der Waals surface area contributed by atoms with Crippen molar-refractivity contribution < 1.29 is 27.8 Å². The van der Waals surface area contributed by atoms with Gasteiger partial charge in [-0.15, -0.1) is 0 Å². The normalized spacial score (nSPS) is 14.7. The van der Waals surface area contributed by atoms with E-state index in [4.69, 9.17) is 9.47 Å². The number of hydrogen-bond acceptors (Lipinski definition) is 4. The molecule has 1 rings (SSSR count). The monoisotopic (exact) mass is 400 g/mol. The molecular weight excluding hydrogens is 370 g/mol. The molecule has 2 amide bonds. The number of rotatable bonds is 8. The third-order valence-electron chi connectivity index (χ3n) is 4.22. The molecule has 0 aromatic heterocycles. The van der Waals surface area contributed by atoms with Gasteiger partial charge in [-0.05, 0) is 32.8 Å². The van der Waals surface area contributed by atoms with Gasteiger partial charge in [-0.2, -0.15) is 0 Å². The lowest BCUT2D eigenvalue weighted by Gasteiger charge is -2.27. The molecule has 3 atom stereocenters. The van der Waals surface area contributed by atoms with Gasteiger partial charge in [0, 0.05) is 25.3 Å². The molecule has 0 aliphatic carbocycles.